The molecule has 3 N–H and O–H groups in total. The topological polar surface area (TPSA) is 100 Å². The number of aliphatic hydroxyl groups is 2. The molecule has 1 fully saturated rings. The number of nitrogens with zero attached hydrogens (tertiary/aromatic N) is 3. The number of halogens is 4. The van der Waals surface area contributed by atoms with Gasteiger partial charge in [0.1, 0.15) is 23.7 Å². The van der Waals surface area contributed by atoms with Crippen LogP contribution in [-0.2, 0) is 11.8 Å². The molecule has 0 bridgehead atoms. The average molecular weight is 463 g/mol. The minimum atomic E-state index is -4.60. The lowest BCUT2D eigenvalue weighted by Crippen LogP contribution is -2.37. The van der Waals surface area contributed by atoms with Gasteiger partial charge in [0.15, 0.2) is 0 Å². The summed E-state index contributed by atoms with van der Waals surface area (Å²) in [4.78, 5) is 12.2. The molecule has 31 heavy (non-hydrogen) atoms. The summed E-state index contributed by atoms with van der Waals surface area (Å²) >= 11 is 0. The Morgan fingerprint density at radius 2 is 1.90 bits per heavy atom. The summed E-state index contributed by atoms with van der Waals surface area (Å²) in [5.74, 6) is 0.386. The third-order valence-corrected chi connectivity index (χ3v) is 5.16. The lowest BCUT2D eigenvalue weighted by Gasteiger charge is -2.32. The Labute approximate surface area is 184 Å². The molecule has 1 aliphatic rings. The number of aromatic nitrogens is 3. The number of aliphatic hydroxyl groups excluding tert-OH is 1. The van der Waals surface area contributed by atoms with Crippen LogP contribution in [0.15, 0.2) is 24.4 Å². The number of pyridine rings is 1. The molecule has 1 unspecified atom stereocenters. The van der Waals surface area contributed by atoms with E-state index in [2.05, 4.69) is 20.3 Å². The molecule has 0 saturated carbocycles. The van der Waals surface area contributed by atoms with Crippen LogP contribution in [0.4, 0.5) is 13.2 Å². The van der Waals surface area contributed by atoms with Crippen molar-refractivity contribution in [3.63, 3.8) is 0 Å². The van der Waals surface area contributed by atoms with E-state index in [1.807, 2.05) is 0 Å². The van der Waals surface area contributed by atoms with Crippen LogP contribution in [-0.4, -0.2) is 51.5 Å². The third-order valence-electron chi connectivity index (χ3n) is 5.16. The van der Waals surface area contributed by atoms with E-state index in [4.69, 9.17) is 4.74 Å². The Hall–Kier alpha value is -2.01. The summed E-state index contributed by atoms with van der Waals surface area (Å²) in [6, 6.07) is 3.31. The van der Waals surface area contributed by atoms with Crippen molar-refractivity contribution in [3.8, 4) is 5.88 Å². The Bertz CT molecular complexity index is 866. The van der Waals surface area contributed by atoms with Gasteiger partial charge >= 0.3 is 6.18 Å². The van der Waals surface area contributed by atoms with E-state index in [-0.39, 0.29) is 37.2 Å². The first kappa shape index (κ1) is 25.3. The van der Waals surface area contributed by atoms with Gasteiger partial charge in [-0.05, 0) is 38.9 Å². The second-order valence-electron chi connectivity index (χ2n) is 7.39. The molecule has 172 valence electrons. The van der Waals surface area contributed by atoms with Gasteiger partial charge < -0.3 is 20.3 Å². The van der Waals surface area contributed by atoms with Crippen LogP contribution in [0.5, 0.6) is 5.88 Å². The van der Waals surface area contributed by atoms with Crippen LogP contribution in [0, 0.1) is 6.92 Å². The van der Waals surface area contributed by atoms with Gasteiger partial charge in [0, 0.05) is 36.8 Å². The van der Waals surface area contributed by atoms with Gasteiger partial charge in [-0.25, -0.2) is 15.0 Å². The maximum atomic E-state index is 12.9. The Morgan fingerprint density at radius 3 is 2.55 bits per heavy atom. The minimum absolute atomic E-state index is 0. The number of rotatable bonds is 7. The number of hydrogen-bond acceptors (Lipinski definition) is 7. The molecule has 2 aromatic heterocycles. The van der Waals surface area contributed by atoms with Crippen molar-refractivity contribution in [2.45, 2.75) is 43.9 Å². The zero-order valence-corrected chi connectivity index (χ0v) is 17.8. The Balaban J connectivity index is 0.00000341. The van der Waals surface area contributed by atoms with Gasteiger partial charge in [-0.1, -0.05) is 6.07 Å². The van der Waals surface area contributed by atoms with Crippen LogP contribution in [0.25, 0.3) is 0 Å². The molecule has 0 radical (unpaired) electrons. The van der Waals surface area contributed by atoms with E-state index < -0.39 is 24.1 Å². The Kier molecular flexibility index (Phi) is 8.58. The number of piperidine rings is 1. The first-order valence-electron chi connectivity index (χ1n) is 9.78. The lowest BCUT2D eigenvalue weighted by molar-refractivity contribution is -0.141. The maximum absolute atomic E-state index is 12.9. The van der Waals surface area contributed by atoms with Crippen LogP contribution in [0.2, 0.25) is 0 Å². The fraction of sp³-hybridized carbons (Fsp3) is 0.550. The van der Waals surface area contributed by atoms with Crippen LogP contribution in [0.1, 0.15) is 48.0 Å². The van der Waals surface area contributed by atoms with Gasteiger partial charge in [0.2, 0.25) is 5.88 Å². The number of aryl methyl sites for hydroxylation is 1. The molecule has 1 atom stereocenters. The molecular formula is C20H26ClF3N4O3. The van der Waals surface area contributed by atoms with E-state index >= 15 is 0 Å². The number of hydrogen-bond donors (Lipinski definition) is 3. The van der Waals surface area contributed by atoms with E-state index in [1.165, 1.54) is 18.3 Å². The normalized spacial score (nSPS) is 17.0. The zero-order chi connectivity index (χ0) is 21.8. The van der Waals surface area contributed by atoms with Gasteiger partial charge in [-0.3, -0.25) is 0 Å². The second-order valence-corrected chi connectivity index (χ2v) is 7.39. The third kappa shape index (κ3) is 6.25. The molecule has 0 spiro atoms. The smallest absolute Gasteiger partial charge is 0.433 e. The molecule has 0 amide bonds. The van der Waals surface area contributed by atoms with Gasteiger partial charge in [-0.2, -0.15) is 13.2 Å². The van der Waals surface area contributed by atoms with Crippen molar-refractivity contribution < 1.29 is 28.1 Å². The summed E-state index contributed by atoms with van der Waals surface area (Å²) < 4.78 is 44.2. The molecule has 0 aliphatic carbocycles. The van der Waals surface area contributed by atoms with Crippen molar-refractivity contribution in [1.29, 1.82) is 0 Å². The van der Waals surface area contributed by atoms with Gasteiger partial charge in [0.05, 0.1) is 5.69 Å². The van der Waals surface area contributed by atoms with Crippen molar-refractivity contribution >= 4 is 12.4 Å². The SMILES string of the molecule is Cc1ncc(C(O)(CCO)COc2cccc(C(F)(F)F)n2)c(C2CCNCC2)n1.Cl. The molecule has 11 heteroatoms. The lowest BCUT2D eigenvalue weighted by atomic mass is 9.84. The highest BCUT2D eigenvalue weighted by Crippen LogP contribution is 2.35. The highest BCUT2D eigenvalue weighted by Gasteiger charge is 2.37. The van der Waals surface area contributed by atoms with E-state index in [9.17, 15) is 23.4 Å². The maximum Gasteiger partial charge on any atom is 0.433 e. The highest BCUT2D eigenvalue weighted by molar-refractivity contribution is 5.85. The number of alkyl halides is 3. The molecule has 0 aromatic carbocycles. The monoisotopic (exact) mass is 462 g/mol. The largest absolute Gasteiger partial charge is 0.474 e. The van der Waals surface area contributed by atoms with Crippen molar-refractivity contribution in [2.75, 3.05) is 26.3 Å². The van der Waals surface area contributed by atoms with Crippen LogP contribution in [0.3, 0.4) is 0 Å². The molecule has 3 rings (SSSR count). The fourth-order valence-corrected chi connectivity index (χ4v) is 3.57. The van der Waals surface area contributed by atoms with E-state index in [0.717, 1.165) is 32.0 Å². The van der Waals surface area contributed by atoms with Crippen LogP contribution >= 0.6 is 12.4 Å². The molecule has 7 nitrogen and oxygen atoms in total. The Morgan fingerprint density at radius 1 is 1.19 bits per heavy atom. The molecular weight excluding hydrogens is 437 g/mol. The number of nitrogens with one attached hydrogen (secondary N) is 1. The van der Waals surface area contributed by atoms with Crippen LogP contribution < -0.4 is 10.1 Å². The molecule has 2 aromatic rings. The van der Waals surface area contributed by atoms with Crippen molar-refractivity contribution in [3.05, 3.63) is 47.2 Å². The highest BCUT2D eigenvalue weighted by atomic mass is 35.5. The summed E-state index contributed by atoms with van der Waals surface area (Å²) in [6.07, 6.45) is -1.52. The standard InChI is InChI=1S/C20H25F3N4O3.ClH/c1-13-25-11-15(18(26-13)14-5-8-24-9-6-14)19(29,7-10-28)12-30-17-4-2-3-16(27-17)20(21,22)23;/h2-4,11,14,24,28-29H,5-10,12H2,1H3;1H. The van der Waals surface area contributed by atoms with E-state index in [1.54, 1.807) is 6.92 Å². The summed E-state index contributed by atoms with van der Waals surface area (Å²) in [6.45, 7) is 2.64. The summed E-state index contributed by atoms with van der Waals surface area (Å²) in [7, 11) is 0. The fourth-order valence-electron chi connectivity index (χ4n) is 3.57. The van der Waals surface area contributed by atoms with Crippen molar-refractivity contribution in [2.24, 2.45) is 0 Å². The first-order chi connectivity index (χ1) is 14.2. The zero-order valence-electron chi connectivity index (χ0n) is 17.0. The first-order valence-corrected chi connectivity index (χ1v) is 9.78. The molecule has 3 heterocycles. The minimum Gasteiger partial charge on any atom is -0.474 e. The summed E-state index contributed by atoms with van der Waals surface area (Å²) in [5.41, 5.74) is -1.67. The predicted octanol–water partition coefficient (Wildman–Crippen LogP) is 2.74. The predicted molar refractivity (Wildman–Crippen MR) is 109 cm³/mol. The van der Waals surface area contributed by atoms with E-state index in [0.29, 0.717) is 17.1 Å². The van der Waals surface area contributed by atoms with Crippen molar-refractivity contribution in [1.82, 2.24) is 20.3 Å². The van der Waals surface area contributed by atoms with Gasteiger partial charge in [0.25, 0.3) is 0 Å². The molecule has 1 saturated heterocycles. The quantitative estimate of drug-likeness (QED) is 0.581. The second kappa shape index (κ2) is 10.5. The summed E-state index contributed by atoms with van der Waals surface area (Å²) in [5, 5.41) is 24.2. The van der Waals surface area contributed by atoms with Gasteiger partial charge in [-0.15, -0.1) is 12.4 Å². The number of ether oxygens (including phenoxy) is 1. The average Bonchev–Trinajstić information content (AvgIpc) is 2.73. The molecule has 1 aliphatic heterocycles.